The van der Waals surface area contributed by atoms with Crippen LogP contribution in [-0.4, -0.2) is 103 Å². The molecular formula is C43H64N4O5S2. The van der Waals surface area contributed by atoms with E-state index in [4.69, 9.17) is 4.74 Å². The van der Waals surface area contributed by atoms with Gasteiger partial charge >= 0.3 is 0 Å². The van der Waals surface area contributed by atoms with E-state index in [1.54, 1.807) is 30.5 Å². The zero-order chi connectivity index (χ0) is 37.9. The fourth-order valence-corrected chi connectivity index (χ4v) is 10.8. The average Bonchev–Trinajstić information content (AvgIpc) is 3.19. The maximum absolute atomic E-state index is 14.4. The van der Waals surface area contributed by atoms with E-state index in [2.05, 4.69) is 26.6 Å². The lowest BCUT2D eigenvalue weighted by Gasteiger charge is -2.45. The molecule has 54 heavy (non-hydrogen) atoms. The number of aliphatic hydroxyl groups excluding tert-OH is 1. The van der Waals surface area contributed by atoms with Gasteiger partial charge in [0.2, 0.25) is 9.84 Å². The molecule has 3 saturated heterocycles. The molecule has 0 spiro atoms. The summed E-state index contributed by atoms with van der Waals surface area (Å²) in [7, 11) is -5.15. The van der Waals surface area contributed by atoms with Gasteiger partial charge in [-0.2, -0.15) is 0 Å². The Morgan fingerprint density at radius 3 is 2.07 bits per heavy atom. The van der Waals surface area contributed by atoms with Crippen LogP contribution < -0.4 is 9.64 Å². The number of benzene rings is 2. The summed E-state index contributed by atoms with van der Waals surface area (Å²) in [5.74, 6) is 0.677. The van der Waals surface area contributed by atoms with Crippen LogP contribution in [0.4, 0.5) is 5.69 Å². The largest absolute Gasteiger partial charge is 0.494 e. The number of unbranched alkanes of at least 4 members (excludes halogenated alkanes) is 9. The number of sulfone groups is 1. The van der Waals surface area contributed by atoms with E-state index in [0.29, 0.717) is 40.5 Å². The van der Waals surface area contributed by atoms with Crippen LogP contribution in [0.2, 0.25) is 0 Å². The average molecular weight is 781 g/mol. The summed E-state index contributed by atoms with van der Waals surface area (Å²) in [5.41, 5.74) is 1.36. The maximum Gasteiger partial charge on any atom is 0.210 e. The Kier molecular flexibility index (Phi) is 15.2. The van der Waals surface area contributed by atoms with Crippen molar-refractivity contribution < 1.29 is 22.5 Å². The number of hydrogen-bond donors (Lipinski definition) is 1. The molecule has 0 bridgehead atoms. The monoisotopic (exact) mass is 780 g/mol. The molecule has 3 aromatic rings. The molecule has 298 valence electrons. The van der Waals surface area contributed by atoms with Gasteiger partial charge in [0.25, 0.3) is 0 Å². The third-order valence-electron chi connectivity index (χ3n) is 12.0. The fraction of sp³-hybridized carbons (Fsp3) is 0.651. The molecule has 0 amide bonds. The second kappa shape index (κ2) is 20.0. The minimum atomic E-state index is -3.93. The number of β-amino-alcohol motifs (C(OH)–C–C–N with tert-alkyl or cyclic N) is 1. The van der Waals surface area contributed by atoms with Gasteiger partial charge in [0, 0.05) is 65.3 Å². The Morgan fingerprint density at radius 1 is 0.796 bits per heavy atom. The summed E-state index contributed by atoms with van der Waals surface area (Å²) in [6.45, 7) is 8.36. The summed E-state index contributed by atoms with van der Waals surface area (Å²) in [4.78, 5) is 13.0. The molecule has 11 heteroatoms. The van der Waals surface area contributed by atoms with E-state index >= 15 is 0 Å². The normalized spacial score (nSPS) is 20.4. The van der Waals surface area contributed by atoms with Crippen molar-refractivity contribution in [2.45, 2.75) is 143 Å². The first kappa shape index (κ1) is 41.1. The number of likely N-dealkylation sites (tertiary alicyclic amines) is 2. The Morgan fingerprint density at radius 2 is 1.43 bits per heavy atom. The lowest BCUT2D eigenvalue weighted by atomic mass is 9.95. The predicted octanol–water partition coefficient (Wildman–Crippen LogP) is 7.99. The Bertz CT molecular complexity index is 1760. The van der Waals surface area contributed by atoms with Crippen LogP contribution in [0.1, 0.15) is 110 Å². The van der Waals surface area contributed by atoms with Gasteiger partial charge in [-0.25, -0.2) is 8.42 Å². The van der Waals surface area contributed by atoms with E-state index in [1.807, 2.05) is 18.2 Å². The maximum atomic E-state index is 14.4. The van der Waals surface area contributed by atoms with Crippen molar-refractivity contribution in [3.05, 3.63) is 48.7 Å². The summed E-state index contributed by atoms with van der Waals surface area (Å²) < 4.78 is 47.4. The number of rotatable bonds is 18. The van der Waals surface area contributed by atoms with Crippen molar-refractivity contribution >= 4 is 37.2 Å². The Labute approximate surface area is 327 Å². The van der Waals surface area contributed by atoms with Gasteiger partial charge in [-0.1, -0.05) is 64.7 Å². The topological polar surface area (TPSA) is 103 Å². The highest BCUT2D eigenvalue weighted by molar-refractivity contribution is 7.91. The molecule has 1 unspecified atom stereocenters. The number of aromatic nitrogens is 1. The zero-order valence-electron chi connectivity index (χ0n) is 32.8. The number of nitrogens with zero attached hydrogens (tertiary/aromatic N) is 4. The first-order valence-corrected chi connectivity index (χ1v) is 23.9. The number of ether oxygens (including phenoxy) is 1. The quantitative estimate of drug-likeness (QED) is 0.129. The molecule has 0 saturated carbocycles. The van der Waals surface area contributed by atoms with Crippen LogP contribution in [0.25, 0.3) is 10.9 Å². The molecule has 1 N–H and O–H groups in total. The smallest absolute Gasteiger partial charge is 0.210 e. The SMILES string of the molecule is CCCCCCCCCCCCOc1ccc(S(=O)(=O)c2cnc3ccc(S(C)=O)cc3c2N2CCC(N3CCC(N4CCC[C@@H](O)C4)CC3)CC2)cc1. The molecular weight excluding hydrogens is 717 g/mol. The second-order valence-electron chi connectivity index (χ2n) is 15.9. The minimum Gasteiger partial charge on any atom is -0.494 e. The molecule has 6 rings (SSSR count). The number of anilines is 1. The van der Waals surface area contributed by atoms with Crippen molar-refractivity contribution in [1.29, 1.82) is 0 Å². The van der Waals surface area contributed by atoms with E-state index < -0.39 is 20.6 Å². The van der Waals surface area contributed by atoms with Gasteiger partial charge in [-0.05, 0) is 107 Å². The van der Waals surface area contributed by atoms with Crippen LogP contribution in [0.3, 0.4) is 0 Å². The molecule has 0 radical (unpaired) electrons. The van der Waals surface area contributed by atoms with E-state index in [0.717, 1.165) is 96.0 Å². The first-order valence-electron chi connectivity index (χ1n) is 20.9. The summed E-state index contributed by atoms with van der Waals surface area (Å²) in [6, 6.07) is 13.4. The number of fused-ring (bicyclic) bond motifs is 1. The van der Waals surface area contributed by atoms with Gasteiger partial charge in [0.05, 0.1) is 28.8 Å². The van der Waals surface area contributed by atoms with Gasteiger partial charge in [-0.15, -0.1) is 0 Å². The van der Waals surface area contributed by atoms with Crippen molar-refractivity contribution in [1.82, 2.24) is 14.8 Å². The number of piperidine rings is 3. The van der Waals surface area contributed by atoms with Crippen LogP contribution in [0.5, 0.6) is 5.75 Å². The van der Waals surface area contributed by atoms with Gasteiger partial charge in [-0.3, -0.25) is 14.1 Å². The predicted molar refractivity (Wildman–Crippen MR) is 220 cm³/mol. The van der Waals surface area contributed by atoms with E-state index in [1.165, 1.54) is 57.6 Å². The van der Waals surface area contributed by atoms with Crippen molar-refractivity contribution in [3.8, 4) is 5.75 Å². The number of pyridine rings is 1. The fourth-order valence-electron chi connectivity index (χ4n) is 8.85. The van der Waals surface area contributed by atoms with Gasteiger partial charge in [0.15, 0.2) is 0 Å². The highest BCUT2D eigenvalue weighted by Crippen LogP contribution is 2.39. The van der Waals surface area contributed by atoms with E-state index in [9.17, 15) is 17.7 Å². The Hall–Kier alpha value is -2.57. The van der Waals surface area contributed by atoms with Crippen molar-refractivity contribution in [3.63, 3.8) is 0 Å². The summed E-state index contributed by atoms with van der Waals surface area (Å²) in [6.07, 6.45) is 21.8. The molecule has 3 fully saturated rings. The molecule has 3 aliphatic rings. The molecule has 1 aromatic heterocycles. The molecule has 0 aliphatic carbocycles. The molecule has 3 aliphatic heterocycles. The third kappa shape index (κ3) is 10.6. The van der Waals surface area contributed by atoms with Gasteiger partial charge in [0.1, 0.15) is 10.6 Å². The van der Waals surface area contributed by atoms with Crippen molar-refractivity contribution in [2.75, 3.05) is 57.0 Å². The van der Waals surface area contributed by atoms with Gasteiger partial charge < -0.3 is 19.6 Å². The van der Waals surface area contributed by atoms with Crippen LogP contribution in [0.15, 0.2) is 63.3 Å². The number of hydrogen-bond acceptors (Lipinski definition) is 9. The molecule has 2 aromatic carbocycles. The Balaban J connectivity index is 1.09. The van der Waals surface area contributed by atoms with E-state index in [-0.39, 0.29) is 15.9 Å². The summed E-state index contributed by atoms with van der Waals surface area (Å²) in [5, 5.41) is 10.9. The van der Waals surface area contributed by atoms with Crippen LogP contribution >= 0.6 is 0 Å². The lowest BCUT2D eigenvalue weighted by Crippen LogP contribution is -2.53. The zero-order valence-corrected chi connectivity index (χ0v) is 34.4. The molecule has 2 atom stereocenters. The minimum absolute atomic E-state index is 0.190. The summed E-state index contributed by atoms with van der Waals surface area (Å²) >= 11 is 0. The van der Waals surface area contributed by atoms with Crippen LogP contribution in [-0.2, 0) is 20.6 Å². The first-order chi connectivity index (χ1) is 26.2. The number of aliphatic hydroxyl groups is 1. The molecule has 4 heterocycles. The van der Waals surface area contributed by atoms with Crippen molar-refractivity contribution in [2.24, 2.45) is 0 Å². The highest BCUT2D eigenvalue weighted by atomic mass is 32.2. The third-order valence-corrected chi connectivity index (χ3v) is 14.7. The van der Waals surface area contributed by atoms with Crippen LogP contribution in [0, 0.1) is 0 Å². The standard InChI is InChI=1S/C43H64N4O5S2/c1-3-4-5-6-7-8-9-10-11-12-30-52-37-15-18-39(19-16-37)54(50,51)42-32-44-41-20-17-38(53(2)49)31-40(41)43(42)46-28-23-34(24-29-46)45-26-21-35(22-27-45)47-25-13-14-36(48)33-47/h15-20,31-32,34-36,48H,3-14,21-30,33H2,1-2H3/t36-,53?/m1/s1. The highest BCUT2D eigenvalue weighted by Gasteiger charge is 2.34. The molecule has 9 nitrogen and oxygen atoms in total. The second-order valence-corrected chi connectivity index (χ2v) is 19.2. The lowest BCUT2D eigenvalue weighted by molar-refractivity contribution is 0.0170.